The van der Waals surface area contributed by atoms with Crippen LogP contribution < -0.4 is 10.2 Å². The van der Waals surface area contributed by atoms with E-state index >= 15 is 0 Å². The molecule has 0 aromatic heterocycles. The largest absolute Gasteiger partial charge is 0.351 e. The van der Waals surface area contributed by atoms with E-state index in [1.165, 1.54) is 0 Å². The van der Waals surface area contributed by atoms with Crippen molar-refractivity contribution in [2.45, 2.75) is 38.8 Å². The van der Waals surface area contributed by atoms with Gasteiger partial charge in [-0.15, -0.1) is 0 Å². The maximum Gasteiger partial charge on any atom is 0.257 e. The van der Waals surface area contributed by atoms with Crippen LogP contribution in [0.25, 0.3) is 0 Å². The number of anilines is 2. The molecule has 0 aliphatic carbocycles. The lowest BCUT2D eigenvalue weighted by atomic mass is 10.0. The highest BCUT2D eigenvalue weighted by Crippen LogP contribution is 2.35. The first-order chi connectivity index (χ1) is 13.6. The summed E-state index contributed by atoms with van der Waals surface area (Å²) < 4.78 is 0. The number of amides is 2. The summed E-state index contributed by atoms with van der Waals surface area (Å²) in [5.74, 6) is -0.134. The summed E-state index contributed by atoms with van der Waals surface area (Å²) in [6.07, 6.45) is 4.38. The van der Waals surface area contributed by atoms with Crippen molar-refractivity contribution in [3.8, 4) is 0 Å². The fraction of sp³-hybridized carbons (Fsp3) is 0.364. The maximum atomic E-state index is 13.1. The van der Waals surface area contributed by atoms with Gasteiger partial charge in [0.15, 0.2) is 0 Å². The third-order valence-corrected chi connectivity index (χ3v) is 5.80. The molecular weight excluding hydrogens is 374 g/mol. The summed E-state index contributed by atoms with van der Waals surface area (Å²) in [5.41, 5.74) is 2.72. The zero-order valence-corrected chi connectivity index (χ0v) is 16.7. The molecule has 2 aromatic carbocycles. The maximum absolute atomic E-state index is 13.1. The van der Waals surface area contributed by atoms with Gasteiger partial charge in [0.2, 0.25) is 0 Å². The molecule has 5 nitrogen and oxygen atoms in total. The number of halogens is 1. The van der Waals surface area contributed by atoms with Crippen molar-refractivity contribution >= 4 is 34.8 Å². The Morgan fingerprint density at radius 3 is 2.82 bits per heavy atom. The molecule has 0 saturated carbocycles. The van der Waals surface area contributed by atoms with E-state index in [-0.39, 0.29) is 18.0 Å². The molecule has 1 saturated heterocycles. The number of hydrogen-bond donors (Lipinski definition) is 1. The molecule has 0 radical (unpaired) electrons. The molecular formula is C22H24ClN3O2. The molecule has 1 atom stereocenters. The lowest BCUT2D eigenvalue weighted by Crippen LogP contribution is -2.55. The van der Waals surface area contributed by atoms with Gasteiger partial charge in [-0.3, -0.25) is 9.59 Å². The van der Waals surface area contributed by atoms with Gasteiger partial charge in [-0.25, -0.2) is 0 Å². The van der Waals surface area contributed by atoms with Crippen molar-refractivity contribution in [1.29, 1.82) is 0 Å². The summed E-state index contributed by atoms with van der Waals surface area (Å²) in [5, 5.41) is 3.45. The van der Waals surface area contributed by atoms with E-state index in [0.29, 0.717) is 21.8 Å². The minimum absolute atomic E-state index is 0.0772. The Balaban J connectivity index is 1.66. The van der Waals surface area contributed by atoms with Crippen LogP contribution in [0.1, 0.15) is 53.3 Å². The summed E-state index contributed by atoms with van der Waals surface area (Å²) in [6.45, 7) is 3.69. The second-order valence-corrected chi connectivity index (χ2v) is 7.75. The molecule has 1 N–H and O–H groups in total. The normalized spacial score (nSPS) is 18.9. The molecule has 1 unspecified atom stereocenters. The van der Waals surface area contributed by atoms with Crippen molar-refractivity contribution in [1.82, 2.24) is 4.90 Å². The molecule has 4 rings (SSSR count). The molecule has 0 spiro atoms. The van der Waals surface area contributed by atoms with Crippen molar-refractivity contribution < 1.29 is 9.59 Å². The van der Waals surface area contributed by atoms with Gasteiger partial charge in [0.05, 0.1) is 11.3 Å². The number of carbonyl (C=O) groups excluding carboxylic acids is 2. The highest BCUT2D eigenvalue weighted by molar-refractivity contribution is 6.31. The number of nitrogens with one attached hydrogen (secondary N) is 1. The fourth-order valence-electron chi connectivity index (χ4n) is 4.21. The molecule has 1 fully saturated rings. The first kappa shape index (κ1) is 18.8. The van der Waals surface area contributed by atoms with Crippen LogP contribution in [0.4, 0.5) is 11.4 Å². The van der Waals surface area contributed by atoms with Gasteiger partial charge in [0.25, 0.3) is 11.8 Å². The van der Waals surface area contributed by atoms with Gasteiger partial charge < -0.3 is 15.1 Å². The van der Waals surface area contributed by atoms with Crippen molar-refractivity contribution in [3.63, 3.8) is 0 Å². The van der Waals surface area contributed by atoms with E-state index < -0.39 is 0 Å². The van der Waals surface area contributed by atoms with Gasteiger partial charge in [0.1, 0.15) is 6.17 Å². The standard InChI is InChI=1S/C22H24ClN3O2/c1-2-25-19-13-15(21(27)24-17-8-6-7-16(23)14-17)10-11-18(19)22(28)26-12-5-3-4-9-20(25)26/h6-8,10-11,13-14,20H,2-5,9,12H2,1H3,(H,24,27). The molecule has 2 aromatic rings. The first-order valence-corrected chi connectivity index (χ1v) is 10.2. The summed E-state index contributed by atoms with van der Waals surface area (Å²) in [4.78, 5) is 30.1. The Morgan fingerprint density at radius 1 is 1.18 bits per heavy atom. The average molecular weight is 398 g/mol. The quantitative estimate of drug-likeness (QED) is 0.811. The molecule has 2 amide bonds. The Morgan fingerprint density at radius 2 is 2.04 bits per heavy atom. The Bertz CT molecular complexity index is 914. The number of carbonyl (C=O) groups is 2. The van der Waals surface area contributed by atoms with Crippen LogP contribution in [0.2, 0.25) is 5.02 Å². The second kappa shape index (κ2) is 7.84. The number of hydrogen-bond acceptors (Lipinski definition) is 3. The van der Waals surface area contributed by atoms with Crippen molar-refractivity contribution in [3.05, 3.63) is 58.6 Å². The molecule has 146 valence electrons. The smallest absolute Gasteiger partial charge is 0.257 e. The van der Waals surface area contributed by atoms with Crippen LogP contribution in [0.3, 0.4) is 0 Å². The minimum atomic E-state index is -0.211. The fourth-order valence-corrected chi connectivity index (χ4v) is 4.40. The van der Waals surface area contributed by atoms with Crippen molar-refractivity contribution in [2.24, 2.45) is 0 Å². The molecule has 28 heavy (non-hydrogen) atoms. The van der Waals surface area contributed by atoms with Gasteiger partial charge in [-0.05, 0) is 62.6 Å². The van der Waals surface area contributed by atoms with Crippen LogP contribution in [0, 0.1) is 0 Å². The summed E-state index contributed by atoms with van der Waals surface area (Å²) in [7, 11) is 0. The lowest BCUT2D eigenvalue weighted by Gasteiger charge is -2.44. The van der Waals surface area contributed by atoms with E-state index in [9.17, 15) is 9.59 Å². The Labute approximate surface area is 170 Å². The number of benzene rings is 2. The average Bonchev–Trinajstić information content (AvgIpc) is 2.94. The van der Waals surface area contributed by atoms with E-state index in [0.717, 1.165) is 44.5 Å². The van der Waals surface area contributed by atoms with Gasteiger partial charge in [-0.2, -0.15) is 0 Å². The third-order valence-electron chi connectivity index (χ3n) is 5.56. The summed E-state index contributed by atoms with van der Waals surface area (Å²) in [6, 6.07) is 12.4. The SMILES string of the molecule is CCN1c2cc(C(=O)Nc3cccc(Cl)c3)ccc2C(=O)N2CCCCCC21. The third kappa shape index (κ3) is 3.47. The van der Waals surface area contributed by atoms with Gasteiger partial charge in [0, 0.05) is 29.4 Å². The predicted molar refractivity (Wildman–Crippen MR) is 112 cm³/mol. The first-order valence-electron chi connectivity index (χ1n) is 9.87. The van der Waals surface area contributed by atoms with E-state index in [2.05, 4.69) is 17.1 Å². The van der Waals surface area contributed by atoms with Crippen molar-refractivity contribution in [2.75, 3.05) is 23.3 Å². The molecule has 2 heterocycles. The van der Waals surface area contributed by atoms with Crippen LogP contribution in [-0.2, 0) is 0 Å². The summed E-state index contributed by atoms with van der Waals surface area (Å²) >= 11 is 6.00. The van der Waals surface area contributed by atoms with Crippen LogP contribution in [0.15, 0.2) is 42.5 Å². The van der Waals surface area contributed by atoms with Gasteiger partial charge in [-0.1, -0.05) is 24.1 Å². The van der Waals surface area contributed by atoms with E-state index in [1.807, 2.05) is 11.0 Å². The highest BCUT2D eigenvalue weighted by Gasteiger charge is 2.37. The molecule has 6 heteroatoms. The van der Waals surface area contributed by atoms with Gasteiger partial charge >= 0.3 is 0 Å². The Hall–Kier alpha value is -2.53. The number of nitrogens with zero attached hydrogens (tertiary/aromatic N) is 2. The predicted octanol–water partition coefficient (Wildman–Crippen LogP) is 4.77. The Kier molecular flexibility index (Phi) is 5.27. The van der Waals surface area contributed by atoms with Crippen LogP contribution in [-0.4, -0.2) is 36.0 Å². The van der Waals surface area contributed by atoms with Crippen LogP contribution >= 0.6 is 11.6 Å². The topological polar surface area (TPSA) is 52.7 Å². The highest BCUT2D eigenvalue weighted by atomic mass is 35.5. The lowest BCUT2D eigenvalue weighted by molar-refractivity contribution is 0.0656. The molecule has 2 aliphatic rings. The number of fused-ring (bicyclic) bond motifs is 2. The van der Waals surface area contributed by atoms with Crippen LogP contribution in [0.5, 0.6) is 0 Å². The number of rotatable bonds is 3. The monoisotopic (exact) mass is 397 g/mol. The molecule has 0 bridgehead atoms. The zero-order chi connectivity index (χ0) is 19.7. The molecule has 2 aliphatic heterocycles. The van der Waals surface area contributed by atoms with E-state index in [1.54, 1.807) is 36.4 Å². The minimum Gasteiger partial charge on any atom is -0.351 e. The van der Waals surface area contributed by atoms with E-state index in [4.69, 9.17) is 11.6 Å². The zero-order valence-electron chi connectivity index (χ0n) is 16.0. The second-order valence-electron chi connectivity index (χ2n) is 7.31.